The molecule has 0 unspecified atom stereocenters. The van der Waals surface area contributed by atoms with E-state index in [0.29, 0.717) is 5.46 Å². The van der Waals surface area contributed by atoms with Gasteiger partial charge in [0.1, 0.15) is 5.75 Å². The highest BCUT2D eigenvalue weighted by Crippen LogP contribution is 2.25. The van der Waals surface area contributed by atoms with Gasteiger partial charge in [0.2, 0.25) is 0 Å². The molecular formula is C13H15BO3. The van der Waals surface area contributed by atoms with Crippen LogP contribution >= 0.6 is 0 Å². The van der Waals surface area contributed by atoms with E-state index in [-0.39, 0.29) is 6.10 Å². The van der Waals surface area contributed by atoms with Gasteiger partial charge in [0.15, 0.2) is 0 Å². The Balaban J connectivity index is 2.62. The van der Waals surface area contributed by atoms with Crippen LogP contribution in [0.4, 0.5) is 0 Å². The number of rotatable bonds is 3. The van der Waals surface area contributed by atoms with Gasteiger partial charge in [-0.25, -0.2) is 0 Å². The van der Waals surface area contributed by atoms with Crippen molar-refractivity contribution in [3.05, 3.63) is 36.4 Å². The molecule has 2 aromatic carbocycles. The zero-order chi connectivity index (χ0) is 12.4. The Morgan fingerprint density at radius 3 is 2.24 bits per heavy atom. The van der Waals surface area contributed by atoms with Gasteiger partial charge < -0.3 is 14.8 Å². The van der Waals surface area contributed by atoms with E-state index in [2.05, 4.69) is 0 Å². The van der Waals surface area contributed by atoms with Crippen molar-refractivity contribution in [2.24, 2.45) is 0 Å². The van der Waals surface area contributed by atoms with E-state index in [1.54, 1.807) is 12.1 Å². The molecule has 17 heavy (non-hydrogen) atoms. The number of fused-ring (bicyclic) bond motifs is 1. The van der Waals surface area contributed by atoms with Crippen LogP contribution in [0.15, 0.2) is 36.4 Å². The fourth-order valence-corrected chi connectivity index (χ4v) is 1.88. The first-order valence-electron chi connectivity index (χ1n) is 5.64. The summed E-state index contributed by atoms with van der Waals surface area (Å²) >= 11 is 0. The molecule has 0 aliphatic heterocycles. The topological polar surface area (TPSA) is 49.7 Å². The molecule has 4 heteroatoms. The van der Waals surface area contributed by atoms with Crippen LogP contribution in [0.3, 0.4) is 0 Å². The SMILES string of the molecule is CC(C)Oc1ccc(B(O)O)c2ccccc12. The molecule has 0 saturated heterocycles. The average Bonchev–Trinajstić information content (AvgIpc) is 2.28. The zero-order valence-electron chi connectivity index (χ0n) is 9.92. The van der Waals surface area contributed by atoms with Crippen molar-refractivity contribution in [2.75, 3.05) is 0 Å². The van der Waals surface area contributed by atoms with Crippen molar-refractivity contribution in [1.29, 1.82) is 0 Å². The number of hydrogen-bond donors (Lipinski definition) is 2. The summed E-state index contributed by atoms with van der Waals surface area (Å²) in [5, 5.41) is 20.3. The molecule has 0 atom stereocenters. The molecule has 0 aliphatic rings. The Morgan fingerprint density at radius 2 is 1.65 bits per heavy atom. The van der Waals surface area contributed by atoms with Crippen LogP contribution in [-0.2, 0) is 0 Å². The summed E-state index contributed by atoms with van der Waals surface area (Å²) in [4.78, 5) is 0. The lowest BCUT2D eigenvalue weighted by molar-refractivity contribution is 0.245. The summed E-state index contributed by atoms with van der Waals surface area (Å²) in [6, 6.07) is 11.0. The summed E-state index contributed by atoms with van der Waals surface area (Å²) in [5.74, 6) is 0.764. The Hall–Kier alpha value is -1.52. The average molecular weight is 230 g/mol. The first kappa shape index (κ1) is 12.0. The minimum atomic E-state index is -1.46. The lowest BCUT2D eigenvalue weighted by Crippen LogP contribution is -2.30. The highest BCUT2D eigenvalue weighted by Gasteiger charge is 2.16. The van der Waals surface area contributed by atoms with E-state index in [0.717, 1.165) is 16.5 Å². The van der Waals surface area contributed by atoms with Gasteiger partial charge in [-0.15, -0.1) is 0 Å². The maximum atomic E-state index is 9.31. The molecule has 0 amide bonds. The predicted molar refractivity (Wildman–Crippen MR) is 69.5 cm³/mol. The van der Waals surface area contributed by atoms with Crippen LogP contribution in [0.25, 0.3) is 10.8 Å². The molecule has 0 radical (unpaired) electrons. The Bertz CT molecular complexity index is 523. The van der Waals surface area contributed by atoms with E-state index in [1.807, 2.05) is 38.1 Å². The van der Waals surface area contributed by atoms with Crippen molar-refractivity contribution >= 4 is 23.4 Å². The van der Waals surface area contributed by atoms with Gasteiger partial charge >= 0.3 is 7.12 Å². The molecule has 0 aliphatic carbocycles. The summed E-state index contributed by atoms with van der Waals surface area (Å²) in [7, 11) is -1.46. The molecule has 2 rings (SSSR count). The maximum absolute atomic E-state index is 9.31. The molecule has 0 heterocycles. The molecular weight excluding hydrogens is 215 g/mol. The van der Waals surface area contributed by atoms with Crippen LogP contribution < -0.4 is 10.2 Å². The molecule has 0 fully saturated rings. The smallest absolute Gasteiger partial charge is 0.489 e. The highest BCUT2D eigenvalue weighted by molar-refractivity contribution is 6.62. The van der Waals surface area contributed by atoms with E-state index < -0.39 is 7.12 Å². The summed E-state index contributed by atoms with van der Waals surface area (Å²) in [6.45, 7) is 3.92. The lowest BCUT2D eigenvalue weighted by Gasteiger charge is -2.14. The van der Waals surface area contributed by atoms with Crippen molar-refractivity contribution < 1.29 is 14.8 Å². The van der Waals surface area contributed by atoms with E-state index >= 15 is 0 Å². The monoisotopic (exact) mass is 230 g/mol. The van der Waals surface area contributed by atoms with Crippen LogP contribution in [0.1, 0.15) is 13.8 Å². The largest absolute Gasteiger partial charge is 0.490 e. The van der Waals surface area contributed by atoms with Gasteiger partial charge in [-0.2, -0.15) is 0 Å². The summed E-state index contributed by atoms with van der Waals surface area (Å²) in [5.41, 5.74) is 0.497. The van der Waals surface area contributed by atoms with Crippen molar-refractivity contribution in [2.45, 2.75) is 20.0 Å². The van der Waals surface area contributed by atoms with Crippen LogP contribution in [0, 0.1) is 0 Å². The molecule has 2 aromatic rings. The third-order valence-corrected chi connectivity index (χ3v) is 2.56. The molecule has 0 saturated carbocycles. The van der Waals surface area contributed by atoms with E-state index in [4.69, 9.17) is 4.74 Å². The van der Waals surface area contributed by atoms with Gasteiger partial charge in [-0.1, -0.05) is 30.3 Å². The number of benzene rings is 2. The minimum Gasteiger partial charge on any atom is -0.490 e. The number of ether oxygens (including phenoxy) is 1. The molecule has 0 bridgehead atoms. The summed E-state index contributed by atoms with van der Waals surface area (Å²) in [6.07, 6.45) is 0.0864. The predicted octanol–water partition coefficient (Wildman–Crippen LogP) is 1.31. The van der Waals surface area contributed by atoms with Gasteiger partial charge in [-0.05, 0) is 30.8 Å². The first-order valence-corrected chi connectivity index (χ1v) is 5.64. The van der Waals surface area contributed by atoms with Crippen molar-refractivity contribution in [3.63, 3.8) is 0 Å². The highest BCUT2D eigenvalue weighted by atomic mass is 16.5. The third kappa shape index (κ3) is 2.43. The van der Waals surface area contributed by atoms with Gasteiger partial charge in [0.25, 0.3) is 0 Å². The normalized spacial score (nSPS) is 10.9. The number of hydrogen-bond acceptors (Lipinski definition) is 3. The van der Waals surface area contributed by atoms with Crippen LogP contribution in [0.5, 0.6) is 5.75 Å². The Labute approximate surface area is 101 Å². The van der Waals surface area contributed by atoms with Gasteiger partial charge in [-0.3, -0.25) is 0 Å². The van der Waals surface area contributed by atoms with E-state index in [1.165, 1.54) is 0 Å². The van der Waals surface area contributed by atoms with Gasteiger partial charge in [0.05, 0.1) is 6.10 Å². The van der Waals surface area contributed by atoms with Crippen LogP contribution in [-0.4, -0.2) is 23.3 Å². The lowest BCUT2D eigenvalue weighted by atomic mass is 9.77. The fraction of sp³-hybridized carbons (Fsp3) is 0.231. The minimum absolute atomic E-state index is 0.0864. The van der Waals surface area contributed by atoms with Crippen LogP contribution in [0.2, 0.25) is 0 Å². The zero-order valence-corrected chi connectivity index (χ0v) is 9.92. The fourth-order valence-electron chi connectivity index (χ4n) is 1.88. The molecule has 88 valence electrons. The second-order valence-electron chi connectivity index (χ2n) is 4.24. The molecule has 0 spiro atoms. The quantitative estimate of drug-likeness (QED) is 0.781. The molecule has 2 N–H and O–H groups in total. The first-order chi connectivity index (χ1) is 8.09. The molecule has 0 aromatic heterocycles. The third-order valence-electron chi connectivity index (χ3n) is 2.56. The standard InChI is InChI=1S/C13H15BO3/c1-9(2)17-13-8-7-12(14(15)16)10-5-3-4-6-11(10)13/h3-9,15-16H,1-2H3. The van der Waals surface area contributed by atoms with Gasteiger partial charge in [0, 0.05) is 5.39 Å². The van der Waals surface area contributed by atoms with Crippen molar-refractivity contribution in [1.82, 2.24) is 0 Å². The second-order valence-corrected chi connectivity index (χ2v) is 4.24. The second kappa shape index (κ2) is 4.78. The Kier molecular flexibility index (Phi) is 3.36. The van der Waals surface area contributed by atoms with Crippen molar-refractivity contribution in [3.8, 4) is 5.75 Å². The summed E-state index contributed by atoms with van der Waals surface area (Å²) < 4.78 is 5.70. The maximum Gasteiger partial charge on any atom is 0.489 e. The molecule has 3 nitrogen and oxygen atoms in total. The van der Waals surface area contributed by atoms with E-state index in [9.17, 15) is 10.0 Å². The Morgan fingerprint density at radius 1 is 1.00 bits per heavy atom.